The molecular weight excluding hydrogens is 250 g/mol. The largest absolute Gasteiger partial charge is 0.481 e. The zero-order valence-electron chi connectivity index (χ0n) is 11.0. The summed E-state index contributed by atoms with van der Waals surface area (Å²) in [5.41, 5.74) is 0. The third-order valence-electron chi connectivity index (χ3n) is 2.82. The van der Waals surface area contributed by atoms with E-state index in [0.717, 1.165) is 6.42 Å². The van der Waals surface area contributed by atoms with Gasteiger partial charge in [0.15, 0.2) is 0 Å². The van der Waals surface area contributed by atoms with Crippen molar-refractivity contribution in [2.24, 2.45) is 0 Å². The fourth-order valence-corrected chi connectivity index (χ4v) is 2.75. The second-order valence-corrected chi connectivity index (χ2v) is 5.33. The van der Waals surface area contributed by atoms with Gasteiger partial charge in [0.05, 0.1) is 11.3 Å². The first-order valence-electron chi connectivity index (χ1n) is 6.11. The molecular formula is C13H19NO3S. The highest BCUT2D eigenvalue weighted by molar-refractivity contribution is 7.14. The minimum absolute atomic E-state index is 0.0222. The summed E-state index contributed by atoms with van der Waals surface area (Å²) < 4.78 is 0. The molecule has 1 aromatic rings. The summed E-state index contributed by atoms with van der Waals surface area (Å²) in [5.74, 6) is -0.954. The Morgan fingerprint density at radius 2 is 2.06 bits per heavy atom. The SMILES string of the molecule is CCc1ccc(C(=O)N(CC)C(C)CC(=O)O)s1. The Morgan fingerprint density at radius 3 is 2.50 bits per heavy atom. The van der Waals surface area contributed by atoms with Crippen molar-refractivity contribution in [1.29, 1.82) is 0 Å². The van der Waals surface area contributed by atoms with Crippen molar-refractivity contribution in [2.45, 2.75) is 39.7 Å². The van der Waals surface area contributed by atoms with Gasteiger partial charge in [0.25, 0.3) is 5.91 Å². The van der Waals surface area contributed by atoms with Crippen LogP contribution in [0.25, 0.3) is 0 Å². The van der Waals surface area contributed by atoms with Gasteiger partial charge in [-0.2, -0.15) is 0 Å². The monoisotopic (exact) mass is 269 g/mol. The zero-order valence-corrected chi connectivity index (χ0v) is 11.8. The molecule has 0 aromatic carbocycles. The lowest BCUT2D eigenvalue weighted by molar-refractivity contribution is -0.138. The van der Waals surface area contributed by atoms with Crippen LogP contribution in [0.4, 0.5) is 0 Å². The average molecular weight is 269 g/mol. The van der Waals surface area contributed by atoms with E-state index in [4.69, 9.17) is 5.11 Å². The highest BCUT2D eigenvalue weighted by Crippen LogP contribution is 2.20. The minimum Gasteiger partial charge on any atom is -0.481 e. The van der Waals surface area contributed by atoms with Crippen LogP contribution >= 0.6 is 11.3 Å². The number of rotatable bonds is 6. The predicted octanol–water partition coefficient (Wildman–Crippen LogP) is 2.64. The van der Waals surface area contributed by atoms with Crippen molar-refractivity contribution in [3.8, 4) is 0 Å². The molecule has 1 atom stereocenters. The van der Waals surface area contributed by atoms with E-state index < -0.39 is 5.97 Å². The van der Waals surface area contributed by atoms with E-state index in [1.54, 1.807) is 11.8 Å². The number of hydrogen-bond donors (Lipinski definition) is 1. The van der Waals surface area contributed by atoms with Crippen LogP contribution in [0.1, 0.15) is 41.7 Å². The van der Waals surface area contributed by atoms with E-state index in [0.29, 0.717) is 11.4 Å². The number of nitrogens with zero attached hydrogens (tertiary/aromatic N) is 1. The molecule has 4 nitrogen and oxygen atoms in total. The van der Waals surface area contributed by atoms with Gasteiger partial charge in [-0.3, -0.25) is 9.59 Å². The van der Waals surface area contributed by atoms with E-state index in [2.05, 4.69) is 0 Å². The Labute approximate surface area is 111 Å². The number of aliphatic carboxylic acids is 1. The maximum atomic E-state index is 12.3. The first-order valence-corrected chi connectivity index (χ1v) is 6.92. The number of hydrogen-bond acceptors (Lipinski definition) is 3. The number of amides is 1. The van der Waals surface area contributed by atoms with Crippen LogP contribution in [-0.4, -0.2) is 34.5 Å². The first kappa shape index (κ1) is 14.7. The molecule has 0 aliphatic heterocycles. The van der Waals surface area contributed by atoms with Gasteiger partial charge in [-0.1, -0.05) is 6.92 Å². The van der Waals surface area contributed by atoms with Gasteiger partial charge < -0.3 is 10.0 Å². The summed E-state index contributed by atoms with van der Waals surface area (Å²) in [6.45, 7) is 6.20. The average Bonchev–Trinajstić information content (AvgIpc) is 2.77. The maximum Gasteiger partial charge on any atom is 0.305 e. The molecule has 1 heterocycles. The van der Waals surface area contributed by atoms with E-state index >= 15 is 0 Å². The van der Waals surface area contributed by atoms with Gasteiger partial charge in [-0.25, -0.2) is 0 Å². The molecule has 18 heavy (non-hydrogen) atoms. The molecule has 100 valence electrons. The molecule has 1 N–H and O–H groups in total. The highest BCUT2D eigenvalue weighted by atomic mass is 32.1. The Balaban J connectivity index is 2.81. The van der Waals surface area contributed by atoms with Crippen molar-refractivity contribution in [3.63, 3.8) is 0 Å². The molecule has 1 amide bonds. The summed E-state index contributed by atoms with van der Waals surface area (Å²) in [7, 11) is 0. The van der Waals surface area contributed by atoms with Crippen LogP contribution in [0, 0.1) is 0 Å². The van der Waals surface area contributed by atoms with Gasteiger partial charge in [0.2, 0.25) is 0 Å². The number of carboxylic acid groups (broad SMARTS) is 1. The minimum atomic E-state index is -0.880. The lowest BCUT2D eigenvalue weighted by atomic mass is 10.2. The number of carboxylic acids is 1. The summed E-state index contributed by atoms with van der Waals surface area (Å²) in [5, 5.41) is 8.79. The third-order valence-corrected chi connectivity index (χ3v) is 4.04. The quantitative estimate of drug-likeness (QED) is 0.863. The van der Waals surface area contributed by atoms with E-state index in [1.807, 2.05) is 26.0 Å². The molecule has 5 heteroatoms. The van der Waals surface area contributed by atoms with Crippen molar-refractivity contribution >= 4 is 23.2 Å². The lowest BCUT2D eigenvalue weighted by Gasteiger charge is -2.26. The molecule has 0 spiro atoms. The van der Waals surface area contributed by atoms with Crippen LogP contribution in [0.3, 0.4) is 0 Å². The Kier molecular flexibility index (Phi) is 5.34. The molecule has 0 aliphatic rings. The summed E-state index contributed by atoms with van der Waals surface area (Å²) in [6.07, 6.45) is 0.889. The van der Waals surface area contributed by atoms with Gasteiger partial charge in [-0.05, 0) is 32.4 Å². The number of aryl methyl sites for hydroxylation is 1. The van der Waals surface area contributed by atoms with Crippen LogP contribution in [0.2, 0.25) is 0 Å². The molecule has 0 bridgehead atoms. The van der Waals surface area contributed by atoms with Crippen molar-refractivity contribution in [1.82, 2.24) is 4.90 Å². The van der Waals surface area contributed by atoms with Crippen molar-refractivity contribution in [2.75, 3.05) is 6.54 Å². The molecule has 0 aliphatic carbocycles. The van der Waals surface area contributed by atoms with Gasteiger partial charge in [-0.15, -0.1) is 11.3 Å². The van der Waals surface area contributed by atoms with Gasteiger partial charge in [0.1, 0.15) is 0 Å². The van der Waals surface area contributed by atoms with E-state index in [1.165, 1.54) is 16.2 Å². The second-order valence-electron chi connectivity index (χ2n) is 4.16. The van der Waals surface area contributed by atoms with Crippen LogP contribution in [0.15, 0.2) is 12.1 Å². The standard InChI is InChI=1S/C13H19NO3S/c1-4-10-6-7-11(18-10)13(17)14(5-2)9(3)8-12(15)16/h6-7,9H,4-5,8H2,1-3H3,(H,15,16). The Bertz CT molecular complexity index is 428. The second kappa shape index (κ2) is 6.54. The van der Waals surface area contributed by atoms with E-state index in [-0.39, 0.29) is 18.4 Å². The fraction of sp³-hybridized carbons (Fsp3) is 0.538. The smallest absolute Gasteiger partial charge is 0.305 e. The highest BCUT2D eigenvalue weighted by Gasteiger charge is 2.22. The van der Waals surface area contributed by atoms with Crippen molar-refractivity contribution < 1.29 is 14.7 Å². The number of thiophene rings is 1. The topological polar surface area (TPSA) is 57.6 Å². The number of carbonyl (C=O) groups excluding carboxylic acids is 1. The molecule has 1 rings (SSSR count). The van der Waals surface area contributed by atoms with Crippen molar-refractivity contribution in [3.05, 3.63) is 21.9 Å². The summed E-state index contributed by atoms with van der Waals surface area (Å²) in [4.78, 5) is 26.4. The lowest BCUT2D eigenvalue weighted by Crippen LogP contribution is -2.39. The molecule has 0 fully saturated rings. The zero-order chi connectivity index (χ0) is 13.7. The first-order chi connectivity index (χ1) is 8.49. The number of carbonyl (C=O) groups is 2. The van der Waals surface area contributed by atoms with Crippen LogP contribution in [0.5, 0.6) is 0 Å². The molecule has 1 aromatic heterocycles. The Hall–Kier alpha value is -1.36. The predicted molar refractivity (Wildman–Crippen MR) is 72.1 cm³/mol. The third kappa shape index (κ3) is 3.57. The van der Waals surface area contributed by atoms with Gasteiger partial charge in [0, 0.05) is 17.5 Å². The van der Waals surface area contributed by atoms with Crippen LogP contribution in [-0.2, 0) is 11.2 Å². The van der Waals surface area contributed by atoms with Gasteiger partial charge >= 0.3 is 5.97 Å². The normalized spacial score (nSPS) is 12.2. The van der Waals surface area contributed by atoms with E-state index in [9.17, 15) is 9.59 Å². The molecule has 0 saturated heterocycles. The Morgan fingerprint density at radius 1 is 1.39 bits per heavy atom. The van der Waals surface area contributed by atoms with Crippen LogP contribution < -0.4 is 0 Å². The molecule has 0 radical (unpaired) electrons. The maximum absolute atomic E-state index is 12.3. The molecule has 0 saturated carbocycles. The summed E-state index contributed by atoms with van der Waals surface area (Å²) in [6, 6.07) is 3.49. The fourth-order valence-electron chi connectivity index (χ4n) is 1.84. The summed E-state index contributed by atoms with van der Waals surface area (Å²) >= 11 is 1.48. The molecule has 1 unspecified atom stereocenters.